The van der Waals surface area contributed by atoms with Gasteiger partial charge in [-0.2, -0.15) is 0 Å². The van der Waals surface area contributed by atoms with Crippen molar-refractivity contribution in [3.05, 3.63) is 44.9 Å². The fourth-order valence-corrected chi connectivity index (χ4v) is 1.64. The lowest BCUT2D eigenvalue weighted by Crippen LogP contribution is -2.38. The first kappa shape index (κ1) is 11.6. The molecular weight excluding hydrogens is 228 g/mol. The number of ether oxygens (including phenoxy) is 1. The van der Waals surface area contributed by atoms with E-state index in [4.69, 9.17) is 4.74 Å². The number of aromatic nitrogens is 2. The Kier molecular flexibility index (Phi) is 2.64. The molecule has 0 bridgehead atoms. The van der Waals surface area contributed by atoms with E-state index >= 15 is 0 Å². The van der Waals surface area contributed by atoms with Gasteiger partial charge in [0.05, 0.1) is 0 Å². The molecule has 2 heterocycles. The van der Waals surface area contributed by atoms with Crippen molar-refractivity contribution < 1.29 is 14.9 Å². The van der Waals surface area contributed by atoms with Crippen LogP contribution >= 0.6 is 0 Å². The summed E-state index contributed by atoms with van der Waals surface area (Å²) in [5, 5.41) is 19.1. The minimum absolute atomic E-state index is 0.0155. The average Bonchev–Trinajstić information content (AvgIpc) is 2.51. The van der Waals surface area contributed by atoms with Crippen molar-refractivity contribution in [1.82, 2.24) is 9.55 Å². The summed E-state index contributed by atoms with van der Waals surface area (Å²) in [4.78, 5) is 24.8. The van der Waals surface area contributed by atoms with Crippen molar-refractivity contribution in [3.8, 4) is 0 Å². The molecule has 3 atom stereocenters. The molecule has 17 heavy (non-hydrogen) atoms. The van der Waals surface area contributed by atoms with E-state index in [2.05, 4.69) is 11.6 Å². The normalized spacial score (nSPS) is 28.2. The van der Waals surface area contributed by atoms with Gasteiger partial charge in [0.2, 0.25) is 6.23 Å². The topological polar surface area (TPSA) is 105 Å². The summed E-state index contributed by atoms with van der Waals surface area (Å²) in [6.07, 6.45) is -2.37. The SMILES string of the molecule is C=C1OC(n2cc(C)c(=O)[nH]c2=O)C(O)C1O. The molecule has 0 radical (unpaired) electrons. The third-order valence-electron chi connectivity index (χ3n) is 2.64. The lowest BCUT2D eigenvalue weighted by Gasteiger charge is -2.16. The number of aryl methyl sites for hydroxylation is 1. The highest BCUT2D eigenvalue weighted by Crippen LogP contribution is 2.29. The van der Waals surface area contributed by atoms with Crippen LogP contribution in [0.2, 0.25) is 0 Å². The second-order valence-electron chi connectivity index (χ2n) is 3.89. The number of hydrogen-bond donors (Lipinski definition) is 3. The number of nitrogens with one attached hydrogen (secondary N) is 1. The number of rotatable bonds is 1. The van der Waals surface area contributed by atoms with E-state index in [9.17, 15) is 19.8 Å². The zero-order chi connectivity index (χ0) is 12.7. The van der Waals surface area contributed by atoms with Crippen molar-refractivity contribution in [2.45, 2.75) is 25.4 Å². The highest BCUT2D eigenvalue weighted by atomic mass is 16.5. The molecule has 0 amide bonds. The predicted octanol–water partition coefficient (Wildman–Crippen LogP) is -1.39. The highest BCUT2D eigenvalue weighted by molar-refractivity contribution is 5.07. The molecule has 1 fully saturated rings. The zero-order valence-electron chi connectivity index (χ0n) is 9.08. The van der Waals surface area contributed by atoms with Crippen LogP contribution in [0.5, 0.6) is 0 Å². The van der Waals surface area contributed by atoms with Crippen LogP contribution in [0.25, 0.3) is 0 Å². The van der Waals surface area contributed by atoms with Crippen molar-refractivity contribution in [2.75, 3.05) is 0 Å². The van der Waals surface area contributed by atoms with E-state index in [1.54, 1.807) is 0 Å². The van der Waals surface area contributed by atoms with Gasteiger partial charge in [-0.3, -0.25) is 14.3 Å². The summed E-state index contributed by atoms with van der Waals surface area (Å²) in [5.41, 5.74) is -0.919. The highest BCUT2D eigenvalue weighted by Gasteiger charge is 2.40. The molecule has 0 aliphatic carbocycles. The van der Waals surface area contributed by atoms with Crippen LogP contribution in [0.4, 0.5) is 0 Å². The summed E-state index contributed by atoms with van der Waals surface area (Å²) in [6.45, 7) is 4.93. The maximum absolute atomic E-state index is 11.5. The van der Waals surface area contributed by atoms with Crippen molar-refractivity contribution in [3.63, 3.8) is 0 Å². The molecule has 1 aliphatic heterocycles. The minimum atomic E-state index is -1.30. The summed E-state index contributed by atoms with van der Waals surface area (Å²) in [6, 6.07) is 0. The largest absolute Gasteiger partial charge is 0.469 e. The summed E-state index contributed by atoms with van der Waals surface area (Å²) < 4.78 is 6.11. The maximum atomic E-state index is 11.5. The van der Waals surface area contributed by atoms with E-state index in [1.807, 2.05) is 0 Å². The average molecular weight is 240 g/mol. The number of aliphatic hydroxyl groups is 2. The van der Waals surface area contributed by atoms with Crippen LogP contribution in [0, 0.1) is 6.92 Å². The number of hydrogen-bond acceptors (Lipinski definition) is 5. The van der Waals surface area contributed by atoms with Gasteiger partial charge in [0.15, 0.2) is 0 Å². The molecule has 0 saturated carbocycles. The van der Waals surface area contributed by atoms with E-state index in [0.29, 0.717) is 5.56 Å². The molecule has 1 aromatic heterocycles. The third-order valence-corrected chi connectivity index (χ3v) is 2.64. The molecule has 7 nitrogen and oxygen atoms in total. The van der Waals surface area contributed by atoms with E-state index in [1.165, 1.54) is 13.1 Å². The molecule has 1 aliphatic rings. The first-order chi connectivity index (χ1) is 7.91. The Hall–Kier alpha value is -1.86. The van der Waals surface area contributed by atoms with Crippen LogP contribution < -0.4 is 11.2 Å². The zero-order valence-corrected chi connectivity index (χ0v) is 9.08. The quantitative estimate of drug-likeness (QED) is 0.560. The van der Waals surface area contributed by atoms with Crippen LogP contribution in [-0.4, -0.2) is 32.0 Å². The van der Waals surface area contributed by atoms with Crippen LogP contribution in [-0.2, 0) is 4.74 Å². The van der Waals surface area contributed by atoms with E-state index in [-0.39, 0.29) is 5.76 Å². The van der Waals surface area contributed by atoms with Gasteiger partial charge in [-0.05, 0) is 6.92 Å². The molecule has 3 unspecified atom stereocenters. The number of nitrogens with zero attached hydrogens (tertiary/aromatic N) is 1. The molecule has 0 spiro atoms. The second kappa shape index (κ2) is 3.86. The van der Waals surface area contributed by atoms with Gasteiger partial charge >= 0.3 is 5.69 Å². The Morgan fingerprint density at radius 1 is 1.47 bits per heavy atom. The fourth-order valence-electron chi connectivity index (χ4n) is 1.64. The number of aliphatic hydroxyl groups excluding tert-OH is 2. The van der Waals surface area contributed by atoms with E-state index < -0.39 is 29.7 Å². The van der Waals surface area contributed by atoms with Crippen molar-refractivity contribution in [1.29, 1.82) is 0 Å². The lowest BCUT2D eigenvalue weighted by atomic mass is 10.2. The van der Waals surface area contributed by atoms with Gasteiger partial charge < -0.3 is 14.9 Å². The van der Waals surface area contributed by atoms with Gasteiger partial charge in [-0.1, -0.05) is 6.58 Å². The van der Waals surface area contributed by atoms with Gasteiger partial charge in [-0.15, -0.1) is 0 Å². The van der Waals surface area contributed by atoms with Gasteiger partial charge in [0.1, 0.15) is 18.0 Å². The van der Waals surface area contributed by atoms with E-state index in [0.717, 1.165) is 4.57 Å². The lowest BCUT2D eigenvalue weighted by molar-refractivity contribution is -0.0164. The first-order valence-corrected chi connectivity index (χ1v) is 4.95. The molecule has 2 rings (SSSR count). The second-order valence-corrected chi connectivity index (χ2v) is 3.89. The Balaban J connectivity index is 2.49. The monoisotopic (exact) mass is 240 g/mol. The smallest absolute Gasteiger partial charge is 0.331 e. The number of H-pyrrole nitrogens is 1. The Morgan fingerprint density at radius 3 is 2.65 bits per heavy atom. The van der Waals surface area contributed by atoms with Crippen LogP contribution in [0.3, 0.4) is 0 Å². The minimum Gasteiger partial charge on any atom is -0.469 e. The Bertz CT molecular complexity index is 573. The molecule has 7 heteroatoms. The van der Waals surface area contributed by atoms with Crippen molar-refractivity contribution in [2.24, 2.45) is 0 Å². The predicted molar refractivity (Wildman–Crippen MR) is 57.3 cm³/mol. The Labute approximate surface area is 95.6 Å². The van der Waals surface area contributed by atoms with Crippen LogP contribution in [0.15, 0.2) is 28.1 Å². The first-order valence-electron chi connectivity index (χ1n) is 4.95. The van der Waals surface area contributed by atoms with Gasteiger partial charge in [-0.25, -0.2) is 4.79 Å². The van der Waals surface area contributed by atoms with Crippen molar-refractivity contribution >= 4 is 0 Å². The van der Waals surface area contributed by atoms with Gasteiger partial charge in [0, 0.05) is 11.8 Å². The van der Waals surface area contributed by atoms with Gasteiger partial charge in [0.25, 0.3) is 5.56 Å². The Morgan fingerprint density at radius 2 is 2.12 bits per heavy atom. The summed E-state index contributed by atoms with van der Waals surface area (Å²) in [7, 11) is 0. The molecule has 1 saturated heterocycles. The fraction of sp³-hybridized carbons (Fsp3) is 0.400. The standard InChI is InChI=1S/C10H12N2O5/c1-4-3-12(10(16)11-8(4)15)9-7(14)6(13)5(2)17-9/h3,6-7,9,13-14H,2H2,1H3,(H,11,15,16). The summed E-state index contributed by atoms with van der Waals surface area (Å²) >= 11 is 0. The molecule has 1 aromatic rings. The number of aromatic amines is 1. The summed E-state index contributed by atoms with van der Waals surface area (Å²) in [5.74, 6) is -0.0155. The molecule has 0 aromatic carbocycles. The maximum Gasteiger partial charge on any atom is 0.331 e. The molecule has 92 valence electrons. The molecular formula is C10H12N2O5. The third kappa shape index (κ3) is 1.79. The molecule has 3 N–H and O–H groups in total. The van der Waals surface area contributed by atoms with Crippen LogP contribution in [0.1, 0.15) is 11.8 Å².